The number of nitrogens with one attached hydrogen (secondary N) is 1. The fourth-order valence-corrected chi connectivity index (χ4v) is 3.57. The molecule has 0 heterocycles. The Kier molecular flexibility index (Phi) is 4.11. The molecule has 0 spiro atoms. The molecule has 3 N–H and O–H groups in total. The third-order valence-corrected chi connectivity index (χ3v) is 5.22. The van der Waals surface area contributed by atoms with Crippen LogP contribution in [0.15, 0.2) is 24.3 Å². The third kappa shape index (κ3) is 3.67. The first-order valence-electron chi connectivity index (χ1n) is 8.55. The number of nitrogens with two attached hydrogens (primary N) is 1. The van der Waals surface area contributed by atoms with E-state index in [0.29, 0.717) is 18.1 Å². The van der Waals surface area contributed by atoms with Gasteiger partial charge in [-0.1, -0.05) is 45.0 Å². The zero-order valence-electron chi connectivity index (χ0n) is 13.7. The van der Waals surface area contributed by atoms with E-state index in [0.717, 1.165) is 5.92 Å². The normalized spacial score (nSPS) is 33.0. The molecule has 1 aromatic carbocycles. The lowest BCUT2D eigenvalue weighted by Crippen LogP contribution is -2.38. The van der Waals surface area contributed by atoms with Gasteiger partial charge in [-0.2, -0.15) is 0 Å². The van der Waals surface area contributed by atoms with E-state index in [-0.39, 0.29) is 5.41 Å². The molecule has 0 radical (unpaired) electrons. The molecule has 2 atom stereocenters. The van der Waals surface area contributed by atoms with E-state index in [9.17, 15) is 0 Å². The molecule has 0 aliphatic heterocycles. The highest BCUT2D eigenvalue weighted by atomic mass is 15.0. The summed E-state index contributed by atoms with van der Waals surface area (Å²) in [5, 5.41) is 3.85. The lowest BCUT2D eigenvalue weighted by Gasteiger charge is -2.27. The van der Waals surface area contributed by atoms with Crippen molar-refractivity contribution in [2.45, 2.75) is 82.3 Å². The molecule has 0 amide bonds. The van der Waals surface area contributed by atoms with Gasteiger partial charge in [0.05, 0.1) is 0 Å². The number of rotatable bonds is 3. The minimum atomic E-state index is 0.251. The Morgan fingerprint density at radius 1 is 1.00 bits per heavy atom. The SMILES string of the molecule is CC(C)(C)c1ccc(C2CC2NC2CCC(N)CC2)cc1. The summed E-state index contributed by atoms with van der Waals surface area (Å²) in [5.74, 6) is 0.731. The summed E-state index contributed by atoms with van der Waals surface area (Å²) >= 11 is 0. The molecule has 0 aromatic heterocycles. The lowest BCUT2D eigenvalue weighted by atomic mass is 9.86. The maximum Gasteiger partial charge on any atom is 0.0145 e. The van der Waals surface area contributed by atoms with Gasteiger partial charge in [0, 0.05) is 24.0 Å². The third-order valence-electron chi connectivity index (χ3n) is 5.22. The van der Waals surface area contributed by atoms with Crippen molar-refractivity contribution in [3.05, 3.63) is 35.4 Å². The van der Waals surface area contributed by atoms with Gasteiger partial charge in [-0.15, -0.1) is 0 Å². The van der Waals surface area contributed by atoms with Crippen molar-refractivity contribution in [3.8, 4) is 0 Å². The van der Waals surface area contributed by atoms with Crippen LogP contribution >= 0.6 is 0 Å². The smallest absolute Gasteiger partial charge is 0.0145 e. The molecule has 2 unspecified atom stereocenters. The van der Waals surface area contributed by atoms with E-state index in [2.05, 4.69) is 50.4 Å². The van der Waals surface area contributed by atoms with Crippen molar-refractivity contribution in [2.24, 2.45) is 5.73 Å². The molecule has 2 saturated carbocycles. The first-order valence-corrected chi connectivity index (χ1v) is 8.55. The maximum absolute atomic E-state index is 5.98. The summed E-state index contributed by atoms with van der Waals surface area (Å²) in [6.07, 6.45) is 6.20. The summed E-state index contributed by atoms with van der Waals surface area (Å²) in [4.78, 5) is 0. The van der Waals surface area contributed by atoms with Crippen LogP contribution in [0.25, 0.3) is 0 Å². The van der Waals surface area contributed by atoms with Crippen LogP contribution in [0.3, 0.4) is 0 Å². The summed E-state index contributed by atoms with van der Waals surface area (Å²) in [6, 6.07) is 11.1. The summed E-state index contributed by atoms with van der Waals surface area (Å²) in [7, 11) is 0. The Labute approximate surface area is 129 Å². The van der Waals surface area contributed by atoms with E-state index in [1.807, 2.05) is 0 Å². The molecule has 2 aliphatic carbocycles. The van der Waals surface area contributed by atoms with Crippen LogP contribution in [0.5, 0.6) is 0 Å². The van der Waals surface area contributed by atoms with Gasteiger partial charge in [0.15, 0.2) is 0 Å². The average molecular weight is 286 g/mol. The maximum atomic E-state index is 5.98. The second-order valence-electron chi connectivity index (χ2n) is 8.10. The minimum Gasteiger partial charge on any atom is -0.328 e. The molecule has 3 rings (SSSR count). The van der Waals surface area contributed by atoms with Crippen LogP contribution in [0.1, 0.15) is 69.9 Å². The van der Waals surface area contributed by atoms with Crippen LogP contribution in [-0.2, 0) is 5.41 Å². The standard InChI is InChI=1S/C19H30N2/c1-19(2,3)14-6-4-13(5-7-14)17-12-18(17)21-16-10-8-15(20)9-11-16/h4-7,15-18,21H,8-12,20H2,1-3H3. The molecule has 116 valence electrons. The van der Waals surface area contributed by atoms with E-state index in [4.69, 9.17) is 5.73 Å². The van der Waals surface area contributed by atoms with Gasteiger partial charge in [0.25, 0.3) is 0 Å². The summed E-state index contributed by atoms with van der Waals surface area (Å²) in [5.41, 5.74) is 9.17. The van der Waals surface area contributed by atoms with Gasteiger partial charge < -0.3 is 11.1 Å². The van der Waals surface area contributed by atoms with Crippen molar-refractivity contribution < 1.29 is 0 Å². The molecular formula is C19H30N2. The van der Waals surface area contributed by atoms with Crippen LogP contribution in [-0.4, -0.2) is 18.1 Å². The fourth-order valence-electron chi connectivity index (χ4n) is 3.57. The Balaban J connectivity index is 1.53. The van der Waals surface area contributed by atoms with Crippen LogP contribution in [0.4, 0.5) is 0 Å². The highest BCUT2D eigenvalue weighted by Gasteiger charge is 2.39. The first kappa shape index (κ1) is 15.1. The summed E-state index contributed by atoms with van der Waals surface area (Å²) in [6.45, 7) is 6.83. The Bertz CT molecular complexity index is 463. The minimum absolute atomic E-state index is 0.251. The molecule has 1 aromatic rings. The molecule has 2 heteroatoms. The predicted octanol–water partition coefficient (Wildman–Crippen LogP) is 3.70. The zero-order chi connectivity index (χ0) is 15.0. The van der Waals surface area contributed by atoms with Gasteiger partial charge >= 0.3 is 0 Å². The molecular weight excluding hydrogens is 256 g/mol. The zero-order valence-corrected chi connectivity index (χ0v) is 13.7. The lowest BCUT2D eigenvalue weighted by molar-refractivity contribution is 0.339. The van der Waals surface area contributed by atoms with Crippen molar-refractivity contribution >= 4 is 0 Å². The Hall–Kier alpha value is -0.860. The first-order chi connectivity index (χ1) is 9.93. The fraction of sp³-hybridized carbons (Fsp3) is 0.684. The van der Waals surface area contributed by atoms with E-state index in [1.54, 1.807) is 0 Å². The van der Waals surface area contributed by atoms with Crippen molar-refractivity contribution in [3.63, 3.8) is 0 Å². The second kappa shape index (κ2) is 5.73. The summed E-state index contributed by atoms with van der Waals surface area (Å²) < 4.78 is 0. The molecule has 0 bridgehead atoms. The second-order valence-corrected chi connectivity index (χ2v) is 8.10. The molecule has 2 aliphatic rings. The number of hydrogen-bond donors (Lipinski definition) is 2. The molecule has 2 fully saturated rings. The average Bonchev–Trinajstić information content (AvgIpc) is 3.20. The molecule has 21 heavy (non-hydrogen) atoms. The monoisotopic (exact) mass is 286 g/mol. The Morgan fingerprint density at radius 2 is 1.62 bits per heavy atom. The van der Waals surface area contributed by atoms with Crippen molar-refractivity contribution in [1.82, 2.24) is 5.32 Å². The Morgan fingerprint density at radius 3 is 2.19 bits per heavy atom. The number of benzene rings is 1. The van der Waals surface area contributed by atoms with Crippen LogP contribution < -0.4 is 11.1 Å². The van der Waals surface area contributed by atoms with Gasteiger partial charge in [-0.25, -0.2) is 0 Å². The van der Waals surface area contributed by atoms with Gasteiger partial charge in [-0.05, 0) is 48.6 Å². The van der Waals surface area contributed by atoms with Crippen LogP contribution in [0.2, 0.25) is 0 Å². The predicted molar refractivity (Wildman–Crippen MR) is 89.7 cm³/mol. The van der Waals surface area contributed by atoms with Crippen molar-refractivity contribution in [1.29, 1.82) is 0 Å². The number of hydrogen-bond acceptors (Lipinski definition) is 2. The highest BCUT2D eigenvalue weighted by molar-refractivity contribution is 5.33. The largest absolute Gasteiger partial charge is 0.328 e. The molecule has 2 nitrogen and oxygen atoms in total. The topological polar surface area (TPSA) is 38.0 Å². The molecule has 0 saturated heterocycles. The van der Waals surface area contributed by atoms with E-state index in [1.165, 1.54) is 43.2 Å². The quantitative estimate of drug-likeness (QED) is 0.889. The van der Waals surface area contributed by atoms with Crippen LogP contribution in [0, 0.1) is 0 Å². The van der Waals surface area contributed by atoms with Gasteiger partial charge in [0.2, 0.25) is 0 Å². The van der Waals surface area contributed by atoms with E-state index < -0.39 is 0 Å². The van der Waals surface area contributed by atoms with Gasteiger partial charge in [0.1, 0.15) is 0 Å². The highest BCUT2D eigenvalue weighted by Crippen LogP contribution is 2.42. The van der Waals surface area contributed by atoms with Gasteiger partial charge in [-0.3, -0.25) is 0 Å². The van der Waals surface area contributed by atoms with E-state index >= 15 is 0 Å². The van der Waals surface area contributed by atoms with Crippen molar-refractivity contribution in [2.75, 3.05) is 0 Å².